The SMILES string of the molecule is COc1ccc(C2COCCO2)c2sc(NC(=O)c3ccc(C)cc3)nc12. The summed E-state index contributed by atoms with van der Waals surface area (Å²) in [5, 5.41) is 3.42. The van der Waals surface area contributed by atoms with Crippen molar-refractivity contribution in [2.75, 3.05) is 32.2 Å². The number of hydrogen-bond donors (Lipinski definition) is 1. The van der Waals surface area contributed by atoms with E-state index in [0.29, 0.717) is 41.8 Å². The molecule has 1 unspecified atom stereocenters. The number of thiazole rings is 1. The second-order valence-corrected chi connectivity index (χ2v) is 7.31. The molecule has 0 aliphatic carbocycles. The van der Waals surface area contributed by atoms with Crippen LogP contribution in [0.25, 0.3) is 10.2 Å². The molecule has 140 valence electrons. The van der Waals surface area contributed by atoms with Crippen LogP contribution in [0, 0.1) is 6.92 Å². The summed E-state index contributed by atoms with van der Waals surface area (Å²) in [6, 6.07) is 11.3. The summed E-state index contributed by atoms with van der Waals surface area (Å²) < 4.78 is 17.8. The van der Waals surface area contributed by atoms with Gasteiger partial charge in [-0.2, -0.15) is 0 Å². The highest BCUT2D eigenvalue weighted by Crippen LogP contribution is 2.39. The molecule has 0 saturated carbocycles. The van der Waals surface area contributed by atoms with Crippen LogP contribution in [0.4, 0.5) is 5.13 Å². The summed E-state index contributed by atoms with van der Waals surface area (Å²) in [6.45, 7) is 3.66. The highest BCUT2D eigenvalue weighted by Gasteiger charge is 2.23. The van der Waals surface area contributed by atoms with Crippen molar-refractivity contribution in [3.05, 3.63) is 53.1 Å². The number of hydrogen-bond acceptors (Lipinski definition) is 6. The molecule has 0 radical (unpaired) electrons. The number of benzene rings is 2. The van der Waals surface area contributed by atoms with Gasteiger partial charge in [0.15, 0.2) is 5.13 Å². The number of aromatic nitrogens is 1. The van der Waals surface area contributed by atoms with E-state index in [1.54, 1.807) is 19.2 Å². The topological polar surface area (TPSA) is 69.7 Å². The van der Waals surface area contributed by atoms with Crippen LogP contribution < -0.4 is 10.1 Å². The van der Waals surface area contributed by atoms with Crippen molar-refractivity contribution in [2.24, 2.45) is 0 Å². The molecule has 0 bridgehead atoms. The Morgan fingerprint density at radius 1 is 1.22 bits per heavy atom. The zero-order valence-electron chi connectivity index (χ0n) is 15.2. The van der Waals surface area contributed by atoms with E-state index in [-0.39, 0.29) is 12.0 Å². The highest BCUT2D eigenvalue weighted by atomic mass is 32.1. The zero-order chi connectivity index (χ0) is 18.8. The second kappa shape index (κ2) is 7.64. The van der Waals surface area contributed by atoms with Gasteiger partial charge in [0.1, 0.15) is 17.4 Å². The van der Waals surface area contributed by atoms with Gasteiger partial charge in [0.2, 0.25) is 0 Å². The monoisotopic (exact) mass is 384 g/mol. The van der Waals surface area contributed by atoms with Crippen LogP contribution >= 0.6 is 11.3 Å². The van der Waals surface area contributed by atoms with Gasteiger partial charge in [0.25, 0.3) is 5.91 Å². The summed E-state index contributed by atoms with van der Waals surface area (Å²) in [4.78, 5) is 17.1. The van der Waals surface area contributed by atoms with Crippen molar-refractivity contribution in [1.29, 1.82) is 0 Å². The maximum Gasteiger partial charge on any atom is 0.257 e. The molecule has 1 atom stereocenters. The van der Waals surface area contributed by atoms with Crippen molar-refractivity contribution < 1.29 is 19.0 Å². The first-order valence-corrected chi connectivity index (χ1v) is 9.52. The summed E-state index contributed by atoms with van der Waals surface area (Å²) in [5.74, 6) is 0.476. The fraction of sp³-hybridized carbons (Fsp3) is 0.300. The van der Waals surface area contributed by atoms with Gasteiger partial charge in [-0.3, -0.25) is 10.1 Å². The minimum absolute atomic E-state index is 0.145. The Bertz CT molecular complexity index is 962. The van der Waals surface area contributed by atoms with E-state index in [0.717, 1.165) is 15.8 Å². The third kappa shape index (κ3) is 3.66. The lowest BCUT2D eigenvalue weighted by molar-refractivity contribution is -0.0895. The minimum atomic E-state index is -0.188. The van der Waals surface area contributed by atoms with E-state index < -0.39 is 0 Å². The number of anilines is 1. The van der Waals surface area contributed by atoms with Gasteiger partial charge in [-0.05, 0) is 25.1 Å². The largest absolute Gasteiger partial charge is 0.494 e. The van der Waals surface area contributed by atoms with E-state index >= 15 is 0 Å². The molecule has 0 spiro atoms. The number of methoxy groups -OCH3 is 1. The second-order valence-electron chi connectivity index (χ2n) is 6.31. The number of ether oxygens (including phenoxy) is 3. The lowest BCUT2D eigenvalue weighted by atomic mass is 10.1. The fourth-order valence-corrected chi connectivity index (χ4v) is 4.05. The molecule has 1 aliphatic rings. The number of rotatable bonds is 4. The van der Waals surface area contributed by atoms with Crippen LogP contribution in [0.1, 0.15) is 27.6 Å². The maximum atomic E-state index is 12.5. The Kier molecular flexibility index (Phi) is 5.07. The summed E-state index contributed by atoms with van der Waals surface area (Å²) in [6.07, 6.45) is -0.145. The molecular formula is C20H20N2O4S. The Balaban J connectivity index is 1.67. The molecule has 4 rings (SSSR count). The molecule has 27 heavy (non-hydrogen) atoms. The van der Waals surface area contributed by atoms with Crippen LogP contribution in [0.3, 0.4) is 0 Å². The van der Waals surface area contributed by atoms with Crippen LogP contribution in [0.5, 0.6) is 5.75 Å². The molecule has 6 nitrogen and oxygen atoms in total. The average molecular weight is 384 g/mol. The molecule has 1 aromatic heterocycles. The molecule has 1 saturated heterocycles. The molecule has 1 N–H and O–H groups in total. The Labute approximate surface area is 161 Å². The van der Waals surface area contributed by atoms with E-state index in [1.165, 1.54) is 11.3 Å². The van der Waals surface area contributed by atoms with E-state index in [1.807, 2.05) is 31.2 Å². The van der Waals surface area contributed by atoms with Gasteiger partial charge in [-0.1, -0.05) is 35.1 Å². The van der Waals surface area contributed by atoms with Crippen LogP contribution in [-0.4, -0.2) is 37.8 Å². The first kappa shape index (κ1) is 17.9. The molecule has 1 fully saturated rings. The van der Waals surface area contributed by atoms with Crippen LogP contribution in [0.2, 0.25) is 0 Å². The van der Waals surface area contributed by atoms with Crippen molar-refractivity contribution in [3.8, 4) is 5.75 Å². The van der Waals surface area contributed by atoms with Crippen LogP contribution in [0.15, 0.2) is 36.4 Å². The van der Waals surface area contributed by atoms with Gasteiger partial charge in [-0.25, -0.2) is 4.98 Å². The molecule has 1 amide bonds. The van der Waals surface area contributed by atoms with E-state index in [4.69, 9.17) is 14.2 Å². The van der Waals surface area contributed by atoms with Crippen molar-refractivity contribution in [3.63, 3.8) is 0 Å². The lowest BCUT2D eigenvalue weighted by Gasteiger charge is -2.23. The average Bonchev–Trinajstić information content (AvgIpc) is 3.11. The standard InChI is InChI=1S/C20H20N2O4S/c1-12-3-5-13(6-4-12)19(23)22-20-21-17-15(24-2)8-7-14(18(17)27-20)16-11-25-9-10-26-16/h3-8,16H,9-11H2,1-2H3,(H,21,22,23). The summed E-state index contributed by atoms with van der Waals surface area (Å²) in [7, 11) is 1.61. The zero-order valence-corrected chi connectivity index (χ0v) is 16.0. The first-order valence-electron chi connectivity index (χ1n) is 8.70. The third-order valence-corrected chi connectivity index (χ3v) is 5.47. The Morgan fingerprint density at radius 3 is 2.74 bits per heavy atom. The first-order chi connectivity index (χ1) is 13.2. The van der Waals surface area contributed by atoms with Crippen molar-refractivity contribution >= 4 is 32.6 Å². The molecule has 2 heterocycles. The molecule has 1 aliphatic heterocycles. The number of fused-ring (bicyclic) bond motifs is 1. The Morgan fingerprint density at radius 2 is 2.04 bits per heavy atom. The van der Waals surface area contributed by atoms with E-state index in [9.17, 15) is 4.79 Å². The molecule has 3 aromatic rings. The molecule has 7 heteroatoms. The van der Waals surface area contributed by atoms with Gasteiger partial charge < -0.3 is 14.2 Å². The number of nitrogens with zero attached hydrogens (tertiary/aromatic N) is 1. The number of nitrogens with one attached hydrogen (secondary N) is 1. The van der Waals surface area contributed by atoms with Gasteiger partial charge in [0, 0.05) is 11.1 Å². The maximum absolute atomic E-state index is 12.5. The number of carbonyl (C=O) groups is 1. The summed E-state index contributed by atoms with van der Waals surface area (Å²) >= 11 is 1.41. The smallest absolute Gasteiger partial charge is 0.257 e. The highest BCUT2D eigenvalue weighted by molar-refractivity contribution is 7.22. The van der Waals surface area contributed by atoms with Gasteiger partial charge in [-0.15, -0.1) is 0 Å². The normalized spacial score (nSPS) is 17.0. The van der Waals surface area contributed by atoms with Crippen LogP contribution in [-0.2, 0) is 9.47 Å². The fourth-order valence-electron chi connectivity index (χ4n) is 3.02. The van der Waals surface area contributed by atoms with Crippen molar-refractivity contribution in [1.82, 2.24) is 4.98 Å². The third-order valence-electron chi connectivity index (χ3n) is 4.45. The predicted octanol–water partition coefficient (Wildman–Crippen LogP) is 3.95. The predicted molar refractivity (Wildman–Crippen MR) is 105 cm³/mol. The number of amides is 1. The minimum Gasteiger partial charge on any atom is -0.494 e. The quantitative estimate of drug-likeness (QED) is 0.737. The summed E-state index contributed by atoms with van der Waals surface area (Å²) in [5.41, 5.74) is 3.42. The molecule has 2 aromatic carbocycles. The number of aryl methyl sites for hydroxylation is 1. The molecular weight excluding hydrogens is 364 g/mol. The number of carbonyl (C=O) groups excluding carboxylic acids is 1. The van der Waals surface area contributed by atoms with Gasteiger partial charge in [0.05, 0.1) is 31.6 Å². The Hall–Kier alpha value is -2.48. The lowest BCUT2D eigenvalue weighted by Crippen LogP contribution is -2.21. The van der Waals surface area contributed by atoms with E-state index in [2.05, 4.69) is 10.3 Å². The van der Waals surface area contributed by atoms with Crippen molar-refractivity contribution in [2.45, 2.75) is 13.0 Å². The van der Waals surface area contributed by atoms with Gasteiger partial charge >= 0.3 is 0 Å².